The summed E-state index contributed by atoms with van der Waals surface area (Å²) in [5.74, 6) is -1.46. The third kappa shape index (κ3) is 5.11. The van der Waals surface area contributed by atoms with E-state index < -0.39 is 11.6 Å². The molecule has 0 fully saturated rings. The number of furan rings is 1. The Labute approximate surface area is 200 Å². The molecule has 2 heterocycles. The van der Waals surface area contributed by atoms with Crippen LogP contribution in [0.25, 0.3) is 33.1 Å². The maximum absolute atomic E-state index is 13.4. The second-order valence-corrected chi connectivity index (χ2v) is 8.64. The number of halogens is 1. The third-order valence-corrected chi connectivity index (χ3v) is 6.22. The SMILES string of the molecule is Cc1c(CC(=O)NCCCCCC(=O)O)c(=O)oc2c(C)c3occ(-c4ccc(F)cc4)c3cc12. The van der Waals surface area contributed by atoms with Crippen LogP contribution in [0.4, 0.5) is 4.39 Å². The Bertz CT molecular complexity index is 1470. The van der Waals surface area contributed by atoms with Crippen LogP contribution in [0.15, 0.2) is 50.2 Å². The number of amides is 1. The summed E-state index contributed by atoms with van der Waals surface area (Å²) in [7, 11) is 0. The smallest absolute Gasteiger partial charge is 0.340 e. The molecule has 1 amide bonds. The molecule has 0 unspecified atom stereocenters. The fourth-order valence-electron chi connectivity index (χ4n) is 4.28. The lowest BCUT2D eigenvalue weighted by Crippen LogP contribution is -2.28. The minimum atomic E-state index is -0.833. The number of unbranched alkanes of at least 4 members (excludes halogenated alkanes) is 2. The summed E-state index contributed by atoms with van der Waals surface area (Å²) in [5.41, 5.74) is 3.61. The van der Waals surface area contributed by atoms with Crippen molar-refractivity contribution in [3.8, 4) is 11.1 Å². The summed E-state index contributed by atoms with van der Waals surface area (Å²) < 4.78 is 24.8. The van der Waals surface area contributed by atoms with E-state index in [-0.39, 0.29) is 30.1 Å². The standard InChI is InChI=1S/C27H26FNO6/c1-15-19-12-21-22(17-7-9-18(28)10-8-17)14-34-25(21)16(2)26(19)35-27(33)20(15)13-23(30)29-11-5-3-4-6-24(31)32/h7-10,12,14H,3-6,11,13H2,1-2H3,(H,29,30)(H,31,32). The predicted molar refractivity (Wildman–Crippen MR) is 130 cm³/mol. The predicted octanol–water partition coefficient (Wildman–Crippen LogP) is 5.27. The molecule has 8 heteroatoms. The number of carbonyl (C=O) groups excluding carboxylic acids is 1. The fraction of sp³-hybridized carbons (Fsp3) is 0.296. The second-order valence-electron chi connectivity index (χ2n) is 8.64. The molecule has 4 rings (SSSR count). The molecule has 0 saturated carbocycles. The van der Waals surface area contributed by atoms with E-state index in [1.807, 2.05) is 13.0 Å². The number of fused-ring (bicyclic) bond motifs is 2. The number of benzene rings is 2. The van der Waals surface area contributed by atoms with Gasteiger partial charge in [-0.2, -0.15) is 0 Å². The highest BCUT2D eigenvalue weighted by molar-refractivity contribution is 6.05. The Morgan fingerprint density at radius 3 is 2.46 bits per heavy atom. The maximum Gasteiger partial charge on any atom is 0.340 e. The van der Waals surface area contributed by atoms with Crippen LogP contribution in [0.3, 0.4) is 0 Å². The van der Waals surface area contributed by atoms with Crippen LogP contribution < -0.4 is 10.9 Å². The highest BCUT2D eigenvalue weighted by Gasteiger charge is 2.20. The topological polar surface area (TPSA) is 110 Å². The number of aliphatic carboxylic acids is 1. The molecular weight excluding hydrogens is 453 g/mol. The van der Waals surface area contributed by atoms with Gasteiger partial charge in [-0.1, -0.05) is 18.6 Å². The van der Waals surface area contributed by atoms with Crippen molar-refractivity contribution < 1.29 is 27.9 Å². The van der Waals surface area contributed by atoms with Crippen LogP contribution in [0.1, 0.15) is 42.4 Å². The first kappa shape index (κ1) is 24.2. The van der Waals surface area contributed by atoms with E-state index in [0.717, 1.165) is 16.5 Å². The van der Waals surface area contributed by atoms with Gasteiger partial charge in [0.2, 0.25) is 5.91 Å². The van der Waals surface area contributed by atoms with E-state index in [2.05, 4.69) is 5.32 Å². The first-order chi connectivity index (χ1) is 16.8. The third-order valence-electron chi connectivity index (χ3n) is 6.22. The normalized spacial score (nSPS) is 11.3. The molecule has 0 aliphatic carbocycles. The molecule has 0 saturated heterocycles. The van der Waals surface area contributed by atoms with Crippen molar-refractivity contribution >= 4 is 33.8 Å². The Hall–Kier alpha value is -3.94. The largest absolute Gasteiger partial charge is 0.481 e. The Morgan fingerprint density at radius 1 is 1.00 bits per heavy atom. The number of aryl methyl sites for hydroxylation is 2. The molecule has 182 valence electrons. The van der Waals surface area contributed by atoms with Crippen molar-refractivity contribution in [2.24, 2.45) is 0 Å². The lowest BCUT2D eigenvalue weighted by Gasteiger charge is -2.11. The zero-order valence-electron chi connectivity index (χ0n) is 19.6. The van der Waals surface area contributed by atoms with Crippen molar-refractivity contribution in [1.29, 1.82) is 0 Å². The van der Waals surface area contributed by atoms with E-state index in [0.29, 0.717) is 53.5 Å². The molecular formula is C27H26FNO6. The van der Waals surface area contributed by atoms with Crippen LogP contribution in [-0.2, 0) is 16.0 Å². The molecule has 7 nitrogen and oxygen atoms in total. The first-order valence-corrected chi connectivity index (χ1v) is 11.5. The van der Waals surface area contributed by atoms with E-state index in [1.54, 1.807) is 25.3 Å². The van der Waals surface area contributed by atoms with E-state index in [9.17, 15) is 18.8 Å². The first-order valence-electron chi connectivity index (χ1n) is 11.5. The molecule has 2 aromatic heterocycles. The highest BCUT2D eigenvalue weighted by atomic mass is 19.1. The maximum atomic E-state index is 13.4. The van der Waals surface area contributed by atoms with Gasteiger partial charge in [0.25, 0.3) is 0 Å². The number of carboxylic acids is 1. The number of rotatable bonds is 9. The van der Waals surface area contributed by atoms with Crippen molar-refractivity contribution in [1.82, 2.24) is 5.32 Å². The van der Waals surface area contributed by atoms with Crippen LogP contribution in [-0.4, -0.2) is 23.5 Å². The Kier molecular flexibility index (Phi) is 7.00. The second kappa shape index (κ2) is 10.1. The quantitative estimate of drug-likeness (QED) is 0.250. The van der Waals surface area contributed by atoms with E-state index in [1.165, 1.54) is 12.1 Å². The van der Waals surface area contributed by atoms with Crippen molar-refractivity contribution in [2.75, 3.05) is 6.54 Å². The molecule has 0 radical (unpaired) electrons. The monoisotopic (exact) mass is 479 g/mol. The van der Waals surface area contributed by atoms with Gasteiger partial charge in [-0.3, -0.25) is 9.59 Å². The molecule has 4 aromatic rings. The number of nitrogens with one attached hydrogen (secondary N) is 1. The van der Waals surface area contributed by atoms with Crippen molar-refractivity contribution in [2.45, 2.75) is 46.0 Å². The average molecular weight is 480 g/mol. The average Bonchev–Trinajstić information content (AvgIpc) is 3.24. The molecule has 0 bridgehead atoms. The molecule has 35 heavy (non-hydrogen) atoms. The minimum Gasteiger partial charge on any atom is -0.481 e. The van der Waals surface area contributed by atoms with Crippen LogP contribution in [0.5, 0.6) is 0 Å². The lowest BCUT2D eigenvalue weighted by molar-refractivity contribution is -0.137. The molecule has 2 N–H and O–H groups in total. The van der Waals surface area contributed by atoms with Gasteiger partial charge in [0.1, 0.15) is 17.0 Å². The van der Waals surface area contributed by atoms with Crippen LogP contribution in [0, 0.1) is 19.7 Å². The minimum absolute atomic E-state index is 0.109. The number of hydrogen-bond donors (Lipinski definition) is 2. The highest BCUT2D eigenvalue weighted by Crippen LogP contribution is 2.37. The Balaban J connectivity index is 1.61. The molecule has 0 aliphatic rings. The van der Waals surface area contributed by atoms with Gasteiger partial charge in [-0.05, 0) is 56.0 Å². The van der Waals surface area contributed by atoms with Crippen molar-refractivity contribution in [3.63, 3.8) is 0 Å². The van der Waals surface area contributed by atoms with Gasteiger partial charge in [0.05, 0.1) is 18.2 Å². The summed E-state index contributed by atoms with van der Waals surface area (Å²) in [4.78, 5) is 35.8. The summed E-state index contributed by atoms with van der Waals surface area (Å²) in [5, 5.41) is 13.0. The van der Waals surface area contributed by atoms with Crippen molar-refractivity contribution in [3.05, 3.63) is 69.5 Å². The van der Waals surface area contributed by atoms with Gasteiger partial charge < -0.3 is 19.3 Å². The molecule has 0 spiro atoms. The summed E-state index contributed by atoms with van der Waals surface area (Å²) in [6, 6.07) is 8.00. The van der Waals surface area contributed by atoms with Crippen LogP contribution in [0.2, 0.25) is 0 Å². The molecule has 0 atom stereocenters. The number of hydrogen-bond acceptors (Lipinski definition) is 5. The zero-order valence-corrected chi connectivity index (χ0v) is 19.6. The summed E-state index contributed by atoms with van der Waals surface area (Å²) in [6.07, 6.45) is 3.50. The van der Waals surface area contributed by atoms with Gasteiger partial charge in [0, 0.05) is 34.9 Å². The van der Waals surface area contributed by atoms with Crippen LogP contribution >= 0.6 is 0 Å². The fourth-order valence-corrected chi connectivity index (χ4v) is 4.28. The number of carbonyl (C=O) groups is 2. The molecule has 2 aromatic carbocycles. The van der Waals surface area contributed by atoms with Gasteiger partial charge in [-0.25, -0.2) is 9.18 Å². The summed E-state index contributed by atoms with van der Waals surface area (Å²) >= 11 is 0. The van der Waals surface area contributed by atoms with E-state index in [4.69, 9.17) is 13.9 Å². The van der Waals surface area contributed by atoms with Gasteiger partial charge in [-0.15, -0.1) is 0 Å². The van der Waals surface area contributed by atoms with E-state index >= 15 is 0 Å². The van der Waals surface area contributed by atoms with Gasteiger partial charge in [0.15, 0.2) is 0 Å². The summed E-state index contributed by atoms with van der Waals surface area (Å²) in [6.45, 7) is 4.00. The zero-order chi connectivity index (χ0) is 25.1. The lowest BCUT2D eigenvalue weighted by atomic mass is 9.97. The van der Waals surface area contributed by atoms with Gasteiger partial charge >= 0.3 is 11.6 Å². The number of carboxylic acid groups (broad SMARTS) is 1. The molecule has 0 aliphatic heterocycles. The Morgan fingerprint density at radius 2 is 1.74 bits per heavy atom.